The van der Waals surface area contributed by atoms with Crippen LogP contribution in [-0.2, 0) is 16.0 Å². The van der Waals surface area contributed by atoms with Crippen LogP contribution in [0, 0.1) is 0 Å². The summed E-state index contributed by atoms with van der Waals surface area (Å²) in [5, 5.41) is 17.4. The molecule has 0 radical (unpaired) electrons. The first kappa shape index (κ1) is 15.0. The van der Waals surface area contributed by atoms with E-state index in [2.05, 4.69) is 0 Å². The molecule has 0 bridgehead atoms. The van der Waals surface area contributed by atoms with E-state index in [0.29, 0.717) is 13.0 Å². The van der Waals surface area contributed by atoms with Crippen molar-refractivity contribution < 1.29 is 19.8 Å². The molecule has 0 heterocycles. The number of nitrogens with zero attached hydrogens (tertiary/aromatic N) is 1. The predicted octanol–water partition coefficient (Wildman–Crippen LogP) is 2.00. The Morgan fingerprint density at radius 1 is 1.16 bits per heavy atom. The molecule has 0 fully saturated rings. The van der Waals surface area contributed by atoms with Gasteiger partial charge in [0.2, 0.25) is 0 Å². The second-order valence-corrected chi connectivity index (χ2v) is 4.29. The Kier molecular flexibility index (Phi) is 5.85. The third kappa shape index (κ3) is 5.42. The highest BCUT2D eigenvalue weighted by Crippen LogP contribution is 2.17. The number of anilines is 1. The minimum absolute atomic E-state index is 0.0905. The molecule has 0 aliphatic rings. The average Bonchev–Trinajstić information content (AvgIpc) is 2.37. The van der Waals surface area contributed by atoms with Crippen molar-refractivity contribution in [3.05, 3.63) is 29.8 Å². The summed E-state index contributed by atoms with van der Waals surface area (Å²) in [6.07, 6.45) is 0.678. The van der Waals surface area contributed by atoms with E-state index in [0.717, 1.165) is 17.8 Å². The van der Waals surface area contributed by atoms with Crippen molar-refractivity contribution >= 4 is 17.6 Å². The summed E-state index contributed by atoms with van der Waals surface area (Å²) < 4.78 is 0. The summed E-state index contributed by atoms with van der Waals surface area (Å²) in [6, 6.07) is 7.59. The van der Waals surface area contributed by atoms with Gasteiger partial charge >= 0.3 is 11.9 Å². The van der Waals surface area contributed by atoms with Crippen LogP contribution in [0.5, 0.6) is 0 Å². The van der Waals surface area contributed by atoms with Crippen molar-refractivity contribution in [2.45, 2.75) is 26.2 Å². The van der Waals surface area contributed by atoms with Crippen molar-refractivity contribution in [2.75, 3.05) is 18.0 Å². The van der Waals surface area contributed by atoms with E-state index in [9.17, 15) is 9.59 Å². The topological polar surface area (TPSA) is 77.8 Å². The molecular weight excluding hydrogens is 246 g/mol. The van der Waals surface area contributed by atoms with E-state index in [-0.39, 0.29) is 12.8 Å². The molecule has 5 nitrogen and oxygen atoms in total. The van der Waals surface area contributed by atoms with Gasteiger partial charge in [0.05, 0.1) is 6.42 Å². The van der Waals surface area contributed by atoms with Crippen LogP contribution in [0.15, 0.2) is 24.3 Å². The number of rotatable bonds is 8. The molecule has 0 saturated carbocycles. The largest absolute Gasteiger partial charge is 0.481 e. The number of carboxylic acids is 2. The van der Waals surface area contributed by atoms with E-state index in [1.165, 1.54) is 0 Å². The SMILES string of the molecule is CCN(CCC(=O)O)c1cccc(CCC(=O)O)c1. The fourth-order valence-corrected chi connectivity index (χ4v) is 1.86. The first-order chi connectivity index (χ1) is 9.02. The van der Waals surface area contributed by atoms with E-state index < -0.39 is 11.9 Å². The summed E-state index contributed by atoms with van der Waals surface area (Å²) >= 11 is 0. The van der Waals surface area contributed by atoms with E-state index in [4.69, 9.17) is 10.2 Å². The third-order valence-electron chi connectivity index (χ3n) is 2.88. The molecule has 0 unspecified atom stereocenters. The predicted molar refractivity (Wildman–Crippen MR) is 72.5 cm³/mol. The van der Waals surface area contributed by atoms with Crippen molar-refractivity contribution in [3.8, 4) is 0 Å². The van der Waals surface area contributed by atoms with Gasteiger partial charge in [-0.3, -0.25) is 9.59 Å². The van der Waals surface area contributed by atoms with Crippen molar-refractivity contribution in [1.82, 2.24) is 0 Å². The molecule has 0 aliphatic carbocycles. The molecule has 0 aromatic heterocycles. The first-order valence-electron chi connectivity index (χ1n) is 6.30. The number of carboxylic acid groups (broad SMARTS) is 2. The van der Waals surface area contributed by atoms with Gasteiger partial charge in [-0.15, -0.1) is 0 Å². The summed E-state index contributed by atoms with van der Waals surface area (Å²) in [5.41, 5.74) is 1.89. The Morgan fingerprint density at radius 2 is 1.84 bits per heavy atom. The second-order valence-electron chi connectivity index (χ2n) is 4.29. The van der Waals surface area contributed by atoms with Crippen molar-refractivity contribution in [1.29, 1.82) is 0 Å². The van der Waals surface area contributed by atoms with Gasteiger partial charge in [-0.1, -0.05) is 12.1 Å². The zero-order chi connectivity index (χ0) is 14.3. The Hall–Kier alpha value is -2.04. The number of hydrogen-bond donors (Lipinski definition) is 2. The van der Waals surface area contributed by atoms with Crippen molar-refractivity contribution in [3.63, 3.8) is 0 Å². The lowest BCUT2D eigenvalue weighted by molar-refractivity contribution is -0.137. The number of aliphatic carboxylic acids is 2. The number of benzene rings is 1. The Labute approximate surface area is 112 Å². The molecule has 2 N–H and O–H groups in total. The van der Waals surface area contributed by atoms with E-state index >= 15 is 0 Å². The van der Waals surface area contributed by atoms with Gasteiger partial charge in [0, 0.05) is 25.2 Å². The van der Waals surface area contributed by atoms with Crippen LogP contribution in [-0.4, -0.2) is 35.2 Å². The van der Waals surface area contributed by atoms with Gasteiger partial charge in [0.25, 0.3) is 0 Å². The van der Waals surface area contributed by atoms with Crippen LogP contribution < -0.4 is 4.90 Å². The standard InChI is InChI=1S/C14H19NO4/c1-2-15(9-8-14(18)19)12-5-3-4-11(10-12)6-7-13(16)17/h3-5,10H,2,6-9H2,1H3,(H,16,17)(H,18,19). The number of hydrogen-bond acceptors (Lipinski definition) is 3. The van der Waals surface area contributed by atoms with Crippen molar-refractivity contribution in [2.24, 2.45) is 0 Å². The Bertz CT molecular complexity index is 445. The Balaban J connectivity index is 2.71. The molecule has 19 heavy (non-hydrogen) atoms. The zero-order valence-corrected chi connectivity index (χ0v) is 11.0. The van der Waals surface area contributed by atoms with Gasteiger partial charge in [-0.05, 0) is 31.0 Å². The minimum atomic E-state index is -0.819. The van der Waals surface area contributed by atoms with E-state index in [1.807, 2.05) is 36.1 Å². The highest BCUT2D eigenvalue weighted by molar-refractivity contribution is 5.68. The van der Waals surface area contributed by atoms with Crippen LogP contribution in [0.2, 0.25) is 0 Å². The van der Waals surface area contributed by atoms with Gasteiger partial charge in [0.1, 0.15) is 0 Å². The summed E-state index contributed by atoms with van der Waals surface area (Å²) in [6.45, 7) is 3.13. The van der Waals surface area contributed by atoms with E-state index in [1.54, 1.807) is 0 Å². The fraction of sp³-hybridized carbons (Fsp3) is 0.429. The van der Waals surface area contributed by atoms with Gasteiger partial charge < -0.3 is 15.1 Å². The molecule has 1 rings (SSSR count). The summed E-state index contributed by atoms with van der Waals surface area (Å²) in [7, 11) is 0. The molecule has 1 aromatic carbocycles. The quantitative estimate of drug-likeness (QED) is 0.751. The normalized spacial score (nSPS) is 10.2. The second kappa shape index (κ2) is 7.41. The van der Waals surface area contributed by atoms with Gasteiger partial charge in [-0.25, -0.2) is 0 Å². The molecule has 0 saturated heterocycles. The third-order valence-corrected chi connectivity index (χ3v) is 2.88. The maximum absolute atomic E-state index is 10.6. The van der Waals surface area contributed by atoms with Crippen LogP contribution >= 0.6 is 0 Å². The first-order valence-corrected chi connectivity index (χ1v) is 6.30. The molecular formula is C14H19NO4. The smallest absolute Gasteiger partial charge is 0.305 e. The van der Waals surface area contributed by atoms with Gasteiger partial charge in [-0.2, -0.15) is 0 Å². The minimum Gasteiger partial charge on any atom is -0.481 e. The van der Waals surface area contributed by atoms with Crippen LogP contribution in [0.3, 0.4) is 0 Å². The monoisotopic (exact) mass is 265 g/mol. The van der Waals surface area contributed by atoms with Crippen LogP contribution in [0.25, 0.3) is 0 Å². The maximum Gasteiger partial charge on any atom is 0.305 e. The molecule has 0 spiro atoms. The van der Waals surface area contributed by atoms with Crippen LogP contribution in [0.1, 0.15) is 25.3 Å². The lowest BCUT2D eigenvalue weighted by Crippen LogP contribution is -2.25. The lowest BCUT2D eigenvalue weighted by Gasteiger charge is -2.22. The average molecular weight is 265 g/mol. The molecule has 0 aliphatic heterocycles. The number of aryl methyl sites for hydroxylation is 1. The number of carbonyl (C=O) groups is 2. The summed E-state index contributed by atoms with van der Waals surface area (Å²) in [5.74, 6) is -1.64. The highest BCUT2D eigenvalue weighted by atomic mass is 16.4. The molecule has 0 amide bonds. The molecule has 0 atom stereocenters. The Morgan fingerprint density at radius 3 is 2.42 bits per heavy atom. The molecule has 1 aromatic rings. The lowest BCUT2D eigenvalue weighted by atomic mass is 10.1. The summed E-state index contributed by atoms with van der Waals surface area (Å²) in [4.78, 5) is 23.1. The fourth-order valence-electron chi connectivity index (χ4n) is 1.86. The maximum atomic E-state index is 10.6. The molecule has 5 heteroatoms. The highest BCUT2D eigenvalue weighted by Gasteiger charge is 2.08. The van der Waals surface area contributed by atoms with Gasteiger partial charge in [0.15, 0.2) is 0 Å². The van der Waals surface area contributed by atoms with Crippen LogP contribution in [0.4, 0.5) is 5.69 Å². The zero-order valence-electron chi connectivity index (χ0n) is 11.0. The molecule has 104 valence electrons.